The summed E-state index contributed by atoms with van der Waals surface area (Å²) in [5.74, 6) is -0.194. The van der Waals surface area contributed by atoms with Crippen LogP contribution in [0.3, 0.4) is 0 Å². The van der Waals surface area contributed by atoms with Crippen molar-refractivity contribution in [2.75, 3.05) is 40.5 Å². The number of ether oxygens (including phenoxy) is 2. The average molecular weight is 241 g/mol. The third kappa shape index (κ3) is 5.77. The van der Waals surface area contributed by atoms with E-state index in [0.717, 1.165) is 18.7 Å². The molecular weight excluding hydrogens is 221 g/mol. The van der Waals surface area contributed by atoms with Crippen LogP contribution in [-0.2, 0) is 16.0 Å². The van der Waals surface area contributed by atoms with Gasteiger partial charge in [0.25, 0.3) is 0 Å². The summed E-state index contributed by atoms with van der Waals surface area (Å²) in [4.78, 5) is 2.18. The van der Waals surface area contributed by atoms with Crippen molar-refractivity contribution < 1.29 is 13.9 Å². The van der Waals surface area contributed by atoms with E-state index in [1.165, 1.54) is 6.07 Å². The number of rotatable bonds is 8. The number of halogens is 1. The molecule has 0 aliphatic rings. The second kappa shape index (κ2) is 8.17. The van der Waals surface area contributed by atoms with E-state index in [0.29, 0.717) is 19.8 Å². The molecule has 96 valence electrons. The van der Waals surface area contributed by atoms with Crippen LogP contribution in [0.5, 0.6) is 0 Å². The predicted molar refractivity (Wildman–Crippen MR) is 65.4 cm³/mol. The molecule has 0 unspecified atom stereocenters. The second-order valence-corrected chi connectivity index (χ2v) is 3.89. The molecule has 0 spiro atoms. The molecule has 1 aromatic rings. The largest absolute Gasteiger partial charge is 0.383 e. The van der Waals surface area contributed by atoms with E-state index in [4.69, 9.17) is 9.47 Å². The van der Waals surface area contributed by atoms with Gasteiger partial charge in [-0.15, -0.1) is 0 Å². The van der Waals surface area contributed by atoms with Gasteiger partial charge in [0.05, 0.1) is 13.2 Å². The van der Waals surface area contributed by atoms with E-state index in [1.54, 1.807) is 26.4 Å². The molecule has 0 saturated heterocycles. The molecule has 1 aromatic carbocycles. The highest BCUT2D eigenvalue weighted by Gasteiger charge is 2.06. The van der Waals surface area contributed by atoms with Crippen molar-refractivity contribution in [1.29, 1.82) is 0 Å². The minimum atomic E-state index is -0.194. The Kier molecular flexibility index (Phi) is 6.77. The Morgan fingerprint density at radius 2 is 1.76 bits per heavy atom. The monoisotopic (exact) mass is 241 g/mol. The van der Waals surface area contributed by atoms with Crippen LogP contribution in [0.15, 0.2) is 24.3 Å². The van der Waals surface area contributed by atoms with Crippen LogP contribution in [0.25, 0.3) is 0 Å². The molecule has 0 N–H and O–H groups in total. The number of methoxy groups -OCH3 is 2. The van der Waals surface area contributed by atoms with Crippen LogP contribution in [-0.4, -0.2) is 45.4 Å². The number of hydrogen-bond donors (Lipinski definition) is 0. The first-order valence-electron chi connectivity index (χ1n) is 5.71. The van der Waals surface area contributed by atoms with Gasteiger partial charge in [-0.1, -0.05) is 12.1 Å². The first kappa shape index (κ1) is 14.1. The van der Waals surface area contributed by atoms with Gasteiger partial charge in [0.15, 0.2) is 0 Å². The summed E-state index contributed by atoms with van der Waals surface area (Å²) in [5, 5.41) is 0. The summed E-state index contributed by atoms with van der Waals surface area (Å²) < 4.78 is 23.2. The van der Waals surface area contributed by atoms with Crippen molar-refractivity contribution in [2.45, 2.75) is 6.54 Å². The highest BCUT2D eigenvalue weighted by molar-refractivity contribution is 5.16. The Bertz CT molecular complexity index is 312. The molecule has 0 aliphatic heterocycles. The van der Waals surface area contributed by atoms with Crippen molar-refractivity contribution in [1.82, 2.24) is 4.90 Å². The van der Waals surface area contributed by atoms with E-state index in [2.05, 4.69) is 4.90 Å². The average Bonchev–Trinajstić information content (AvgIpc) is 2.32. The van der Waals surface area contributed by atoms with Crippen LogP contribution < -0.4 is 0 Å². The van der Waals surface area contributed by atoms with Crippen molar-refractivity contribution >= 4 is 0 Å². The molecule has 4 heteroatoms. The van der Waals surface area contributed by atoms with Crippen LogP contribution in [0.2, 0.25) is 0 Å². The summed E-state index contributed by atoms with van der Waals surface area (Å²) in [6, 6.07) is 6.68. The maximum atomic E-state index is 13.1. The summed E-state index contributed by atoms with van der Waals surface area (Å²) in [6.07, 6.45) is 0. The van der Waals surface area contributed by atoms with E-state index in [1.807, 2.05) is 6.07 Å². The highest BCUT2D eigenvalue weighted by atomic mass is 19.1. The van der Waals surface area contributed by atoms with Crippen LogP contribution in [0.4, 0.5) is 4.39 Å². The molecule has 0 heterocycles. The summed E-state index contributed by atoms with van der Waals surface area (Å²) >= 11 is 0. The number of hydrogen-bond acceptors (Lipinski definition) is 3. The minimum absolute atomic E-state index is 0.194. The summed E-state index contributed by atoms with van der Waals surface area (Å²) in [5.41, 5.74) is 0.970. The van der Waals surface area contributed by atoms with Crippen molar-refractivity contribution in [3.63, 3.8) is 0 Å². The topological polar surface area (TPSA) is 21.7 Å². The van der Waals surface area contributed by atoms with Crippen LogP contribution in [0, 0.1) is 5.82 Å². The van der Waals surface area contributed by atoms with Gasteiger partial charge in [-0.05, 0) is 17.7 Å². The molecular formula is C13H20FNO2. The van der Waals surface area contributed by atoms with E-state index in [-0.39, 0.29) is 5.82 Å². The second-order valence-electron chi connectivity index (χ2n) is 3.89. The standard InChI is InChI=1S/C13H20FNO2/c1-16-8-6-15(7-9-17-2)11-12-4-3-5-13(14)10-12/h3-5,10H,6-9,11H2,1-2H3. The fourth-order valence-electron chi connectivity index (χ4n) is 1.60. The van der Waals surface area contributed by atoms with E-state index >= 15 is 0 Å². The Morgan fingerprint density at radius 3 is 2.29 bits per heavy atom. The lowest BCUT2D eigenvalue weighted by molar-refractivity contribution is 0.110. The molecule has 0 bridgehead atoms. The van der Waals surface area contributed by atoms with E-state index in [9.17, 15) is 4.39 Å². The highest BCUT2D eigenvalue weighted by Crippen LogP contribution is 2.07. The molecule has 0 fully saturated rings. The molecule has 0 aliphatic carbocycles. The molecule has 1 rings (SSSR count). The Balaban J connectivity index is 2.51. The van der Waals surface area contributed by atoms with Crippen LogP contribution >= 0.6 is 0 Å². The van der Waals surface area contributed by atoms with E-state index < -0.39 is 0 Å². The Hall–Kier alpha value is -0.970. The SMILES string of the molecule is COCCN(CCOC)Cc1cccc(F)c1. The Morgan fingerprint density at radius 1 is 1.12 bits per heavy atom. The lowest BCUT2D eigenvalue weighted by Crippen LogP contribution is -2.30. The third-order valence-corrected chi connectivity index (χ3v) is 2.52. The lowest BCUT2D eigenvalue weighted by Gasteiger charge is -2.21. The van der Waals surface area contributed by atoms with Crippen molar-refractivity contribution in [3.05, 3.63) is 35.6 Å². The molecule has 17 heavy (non-hydrogen) atoms. The first-order valence-corrected chi connectivity index (χ1v) is 5.71. The molecule has 3 nitrogen and oxygen atoms in total. The van der Waals surface area contributed by atoms with Gasteiger partial charge >= 0.3 is 0 Å². The summed E-state index contributed by atoms with van der Waals surface area (Å²) in [7, 11) is 3.35. The maximum absolute atomic E-state index is 13.1. The van der Waals surface area contributed by atoms with Gasteiger partial charge in [0, 0.05) is 33.9 Å². The van der Waals surface area contributed by atoms with Gasteiger partial charge in [-0.3, -0.25) is 4.90 Å². The zero-order chi connectivity index (χ0) is 12.5. The molecule has 0 amide bonds. The fraction of sp³-hybridized carbons (Fsp3) is 0.538. The third-order valence-electron chi connectivity index (χ3n) is 2.52. The molecule has 0 saturated carbocycles. The molecule has 0 aromatic heterocycles. The smallest absolute Gasteiger partial charge is 0.123 e. The maximum Gasteiger partial charge on any atom is 0.123 e. The quantitative estimate of drug-likeness (QED) is 0.694. The number of nitrogens with zero attached hydrogens (tertiary/aromatic N) is 1. The lowest BCUT2D eigenvalue weighted by atomic mass is 10.2. The first-order chi connectivity index (χ1) is 8.26. The minimum Gasteiger partial charge on any atom is -0.383 e. The normalized spacial score (nSPS) is 11.1. The van der Waals surface area contributed by atoms with Crippen molar-refractivity contribution in [2.24, 2.45) is 0 Å². The zero-order valence-electron chi connectivity index (χ0n) is 10.5. The van der Waals surface area contributed by atoms with Gasteiger partial charge in [-0.25, -0.2) is 4.39 Å². The zero-order valence-corrected chi connectivity index (χ0v) is 10.5. The van der Waals surface area contributed by atoms with Gasteiger partial charge < -0.3 is 9.47 Å². The number of benzene rings is 1. The molecule has 0 radical (unpaired) electrons. The predicted octanol–water partition coefficient (Wildman–Crippen LogP) is 1.92. The Labute approximate surface area is 102 Å². The van der Waals surface area contributed by atoms with Crippen LogP contribution in [0.1, 0.15) is 5.56 Å². The van der Waals surface area contributed by atoms with Crippen molar-refractivity contribution in [3.8, 4) is 0 Å². The fourth-order valence-corrected chi connectivity index (χ4v) is 1.60. The van der Waals surface area contributed by atoms with Gasteiger partial charge in [0.2, 0.25) is 0 Å². The molecule has 0 atom stereocenters. The summed E-state index contributed by atoms with van der Waals surface area (Å²) in [6.45, 7) is 3.68. The van der Waals surface area contributed by atoms with Gasteiger partial charge in [0.1, 0.15) is 5.82 Å². The van der Waals surface area contributed by atoms with Gasteiger partial charge in [-0.2, -0.15) is 0 Å².